The quantitative estimate of drug-likeness (QED) is 0.346. The van der Waals surface area contributed by atoms with Crippen molar-refractivity contribution in [3.63, 3.8) is 0 Å². The van der Waals surface area contributed by atoms with Gasteiger partial charge in [0.1, 0.15) is 5.78 Å². The fourth-order valence-electron chi connectivity index (χ4n) is 9.40. The highest BCUT2D eigenvalue weighted by molar-refractivity contribution is 5.86. The van der Waals surface area contributed by atoms with Crippen LogP contribution in [0.3, 0.4) is 0 Å². The van der Waals surface area contributed by atoms with Crippen LogP contribution in [-0.2, 0) is 9.59 Å². The summed E-state index contributed by atoms with van der Waals surface area (Å²) < 4.78 is 0. The van der Waals surface area contributed by atoms with E-state index in [1.54, 1.807) is 6.92 Å². The zero-order valence-corrected chi connectivity index (χ0v) is 22.0. The second-order valence-electron chi connectivity index (χ2n) is 13.4. The molecule has 8 atom stereocenters. The van der Waals surface area contributed by atoms with E-state index in [9.17, 15) is 9.59 Å². The van der Waals surface area contributed by atoms with Gasteiger partial charge in [-0.2, -0.15) is 0 Å². The minimum atomic E-state index is -0.801. The maximum atomic E-state index is 12.8. The zero-order chi connectivity index (χ0) is 24.4. The molecule has 0 saturated heterocycles. The molecule has 0 radical (unpaired) electrons. The van der Waals surface area contributed by atoms with E-state index in [-0.39, 0.29) is 10.8 Å². The third-order valence-electron chi connectivity index (χ3n) is 11.8. The Balaban J connectivity index is 1.58. The van der Waals surface area contributed by atoms with Crippen LogP contribution in [0.15, 0.2) is 23.8 Å². The van der Waals surface area contributed by atoms with E-state index >= 15 is 0 Å². The summed E-state index contributed by atoms with van der Waals surface area (Å²) >= 11 is 0. The van der Waals surface area contributed by atoms with Crippen molar-refractivity contribution in [2.75, 3.05) is 0 Å². The molecular formula is C30H46O3. The standard InChI is InChI=1S/C30H46O3/c1-19(9-8-10-20(2)26(32)33)21-13-17-30(7)23-11-12-24-27(3,4)25(31)15-16-28(24,5)22(23)14-18-29(21,30)6/h10-12,19,21-24H,8-9,13-18H2,1-7H3,(H,32,33)/b20-10-/t19-,21-,22?,23?,24?,28+,29-,30+/m0/s1. The number of hydrogen-bond donors (Lipinski definition) is 1. The summed E-state index contributed by atoms with van der Waals surface area (Å²) in [5, 5.41) is 9.15. The summed E-state index contributed by atoms with van der Waals surface area (Å²) in [6, 6.07) is 0. The maximum absolute atomic E-state index is 12.8. The second-order valence-corrected chi connectivity index (χ2v) is 13.4. The monoisotopic (exact) mass is 454 g/mol. The molecule has 0 aromatic heterocycles. The summed E-state index contributed by atoms with van der Waals surface area (Å²) in [7, 11) is 0. The van der Waals surface area contributed by atoms with Crippen molar-refractivity contribution in [1.29, 1.82) is 0 Å². The van der Waals surface area contributed by atoms with E-state index in [1.165, 1.54) is 25.7 Å². The largest absolute Gasteiger partial charge is 0.478 e. The zero-order valence-electron chi connectivity index (χ0n) is 22.0. The van der Waals surface area contributed by atoms with Gasteiger partial charge in [0.05, 0.1) is 0 Å². The van der Waals surface area contributed by atoms with Crippen LogP contribution in [0, 0.1) is 51.2 Å². The van der Waals surface area contributed by atoms with Crippen LogP contribution in [0.2, 0.25) is 0 Å². The molecule has 0 aromatic carbocycles. The maximum Gasteiger partial charge on any atom is 0.330 e. The van der Waals surface area contributed by atoms with E-state index in [2.05, 4.69) is 53.7 Å². The highest BCUT2D eigenvalue weighted by Crippen LogP contribution is 2.73. The van der Waals surface area contributed by atoms with E-state index < -0.39 is 5.97 Å². The van der Waals surface area contributed by atoms with Crippen LogP contribution in [0.5, 0.6) is 0 Å². The third kappa shape index (κ3) is 3.50. The topological polar surface area (TPSA) is 54.4 Å². The number of carbonyl (C=O) groups excluding carboxylic acids is 1. The first kappa shape index (κ1) is 24.7. The normalized spacial score (nSPS) is 45.2. The predicted octanol–water partition coefficient (Wildman–Crippen LogP) is 7.46. The summed E-state index contributed by atoms with van der Waals surface area (Å²) in [5.74, 6) is 2.59. The van der Waals surface area contributed by atoms with Gasteiger partial charge >= 0.3 is 5.97 Å². The molecule has 4 aliphatic rings. The Morgan fingerprint density at radius 2 is 1.76 bits per heavy atom. The minimum absolute atomic E-state index is 0.226. The number of allylic oxidation sites excluding steroid dienone is 3. The molecule has 3 unspecified atom stereocenters. The molecule has 0 bridgehead atoms. The van der Waals surface area contributed by atoms with Gasteiger partial charge in [0.25, 0.3) is 0 Å². The highest BCUT2D eigenvalue weighted by atomic mass is 16.4. The average molecular weight is 455 g/mol. The van der Waals surface area contributed by atoms with Crippen molar-refractivity contribution in [2.24, 2.45) is 51.2 Å². The molecule has 4 rings (SSSR count). The molecule has 33 heavy (non-hydrogen) atoms. The number of carboxylic acid groups (broad SMARTS) is 1. The Hall–Kier alpha value is -1.38. The molecule has 0 heterocycles. The number of aliphatic carboxylic acids is 1. The lowest BCUT2D eigenvalue weighted by Crippen LogP contribution is -2.59. The van der Waals surface area contributed by atoms with Crippen molar-refractivity contribution in [2.45, 2.75) is 99.8 Å². The third-order valence-corrected chi connectivity index (χ3v) is 11.8. The fourth-order valence-corrected chi connectivity index (χ4v) is 9.40. The molecule has 3 nitrogen and oxygen atoms in total. The smallest absolute Gasteiger partial charge is 0.330 e. The Labute approximate surface area is 201 Å². The van der Waals surface area contributed by atoms with Crippen molar-refractivity contribution in [3.05, 3.63) is 23.8 Å². The number of carboxylic acids is 1. The molecular weight excluding hydrogens is 408 g/mol. The first-order chi connectivity index (χ1) is 15.3. The first-order valence-corrected chi connectivity index (χ1v) is 13.4. The molecule has 3 fully saturated rings. The van der Waals surface area contributed by atoms with E-state index in [4.69, 9.17) is 5.11 Å². The summed E-state index contributed by atoms with van der Waals surface area (Å²) in [4.78, 5) is 23.9. The Kier molecular flexibility index (Phi) is 6.07. The van der Waals surface area contributed by atoms with Gasteiger partial charge in [0.15, 0.2) is 0 Å². The minimum Gasteiger partial charge on any atom is -0.478 e. The van der Waals surface area contributed by atoms with Crippen LogP contribution in [0.4, 0.5) is 0 Å². The lowest BCUT2D eigenvalue weighted by Gasteiger charge is -2.64. The van der Waals surface area contributed by atoms with Crippen molar-refractivity contribution in [3.8, 4) is 0 Å². The summed E-state index contributed by atoms with van der Waals surface area (Å²) in [5.41, 5.74) is 1.08. The van der Waals surface area contributed by atoms with Crippen molar-refractivity contribution >= 4 is 11.8 Å². The van der Waals surface area contributed by atoms with Crippen LogP contribution in [0.25, 0.3) is 0 Å². The lowest BCUT2D eigenvalue weighted by atomic mass is 9.40. The average Bonchev–Trinajstić information content (AvgIpc) is 3.02. The van der Waals surface area contributed by atoms with Gasteiger partial charge in [0.2, 0.25) is 0 Å². The number of rotatable bonds is 5. The summed E-state index contributed by atoms with van der Waals surface area (Å²) in [6.07, 6.45) is 15.8. The number of hydrogen-bond acceptors (Lipinski definition) is 2. The molecule has 0 spiro atoms. The van der Waals surface area contributed by atoms with Gasteiger partial charge in [-0.25, -0.2) is 4.79 Å². The van der Waals surface area contributed by atoms with Crippen LogP contribution in [0.1, 0.15) is 99.8 Å². The highest BCUT2D eigenvalue weighted by Gasteiger charge is 2.66. The van der Waals surface area contributed by atoms with Gasteiger partial charge in [-0.3, -0.25) is 4.79 Å². The first-order valence-electron chi connectivity index (χ1n) is 13.4. The molecule has 184 valence electrons. The van der Waals surface area contributed by atoms with Crippen molar-refractivity contribution in [1.82, 2.24) is 0 Å². The van der Waals surface area contributed by atoms with Gasteiger partial charge in [-0.1, -0.05) is 59.8 Å². The van der Waals surface area contributed by atoms with E-state index in [0.717, 1.165) is 25.7 Å². The molecule has 3 heteroatoms. The Morgan fingerprint density at radius 3 is 2.42 bits per heavy atom. The van der Waals surface area contributed by atoms with Crippen LogP contribution in [-0.4, -0.2) is 16.9 Å². The van der Waals surface area contributed by atoms with Crippen LogP contribution < -0.4 is 0 Å². The molecule has 1 N–H and O–H groups in total. The predicted molar refractivity (Wildman–Crippen MR) is 134 cm³/mol. The van der Waals surface area contributed by atoms with Gasteiger partial charge in [-0.05, 0) is 97.7 Å². The number of fused-ring (bicyclic) bond motifs is 5. The molecule has 4 aliphatic carbocycles. The Bertz CT molecular complexity index is 881. The lowest BCUT2D eigenvalue weighted by molar-refractivity contribution is -0.154. The second kappa shape index (κ2) is 8.09. The van der Waals surface area contributed by atoms with Crippen molar-refractivity contribution < 1.29 is 14.7 Å². The summed E-state index contributed by atoms with van der Waals surface area (Å²) in [6.45, 7) is 16.1. The SMILES string of the molecule is C/C(=C/CC[C@H](C)[C@@H]1CC[C@]2(C)C3C=CC4C(C)(C)C(=O)CC[C@]4(C)C3CC[C@@]12C)C(=O)O. The number of ketones is 1. The van der Waals surface area contributed by atoms with Gasteiger partial charge < -0.3 is 5.11 Å². The van der Waals surface area contributed by atoms with E-state index in [1.807, 2.05) is 6.08 Å². The molecule has 3 saturated carbocycles. The number of Topliss-reactive ketones (excluding diaryl/α,β-unsaturated/α-hetero) is 1. The fraction of sp³-hybridized carbons (Fsp3) is 0.800. The molecule has 0 aromatic rings. The van der Waals surface area contributed by atoms with Gasteiger partial charge in [0, 0.05) is 17.4 Å². The van der Waals surface area contributed by atoms with Crippen LogP contribution >= 0.6 is 0 Å². The van der Waals surface area contributed by atoms with Gasteiger partial charge in [-0.15, -0.1) is 0 Å². The number of carbonyl (C=O) groups is 2. The molecule has 0 amide bonds. The Morgan fingerprint density at radius 1 is 1.09 bits per heavy atom. The van der Waals surface area contributed by atoms with E-state index in [0.29, 0.717) is 51.8 Å². The molecule has 0 aliphatic heterocycles.